The van der Waals surface area contributed by atoms with E-state index in [-0.39, 0.29) is 11.8 Å². The van der Waals surface area contributed by atoms with Gasteiger partial charge in [0, 0.05) is 19.2 Å². The normalized spacial score (nSPS) is 17.6. The molecule has 0 saturated carbocycles. The smallest absolute Gasteiger partial charge is 0.247 e. The summed E-state index contributed by atoms with van der Waals surface area (Å²) in [5.41, 5.74) is 3.50. The van der Waals surface area contributed by atoms with Crippen molar-refractivity contribution in [3.05, 3.63) is 29.8 Å². The van der Waals surface area contributed by atoms with Crippen molar-refractivity contribution in [2.75, 3.05) is 26.2 Å². The van der Waals surface area contributed by atoms with Crippen LogP contribution in [0.1, 0.15) is 38.2 Å². The second-order valence-electron chi connectivity index (χ2n) is 5.37. The van der Waals surface area contributed by atoms with E-state index in [1.807, 2.05) is 24.3 Å². The molecule has 1 N–H and O–H groups in total. The Kier molecular flexibility index (Phi) is 6.40. The Bertz CT molecular complexity index is 495. The molecule has 0 spiro atoms. The first kappa shape index (κ1) is 16.5. The second kappa shape index (κ2) is 8.54. The van der Waals surface area contributed by atoms with Crippen LogP contribution in [-0.4, -0.2) is 43.3 Å². The summed E-state index contributed by atoms with van der Waals surface area (Å²) in [7, 11) is 0. The maximum Gasteiger partial charge on any atom is 0.247 e. The molecule has 1 aromatic rings. The third-order valence-electron chi connectivity index (χ3n) is 3.99. The Morgan fingerprint density at radius 2 is 2.00 bits per heavy atom. The maximum atomic E-state index is 11.8. The quantitative estimate of drug-likeness (QED) is 0.750. The molecule has 0 bridgehead atoms. The number of hydrogen-bond acceptors (Lipinski definition) is 4. The fourth-order valence-electron chi connectivity index (χ4n) is 2.55. The van der Waals surface area contributed by atoms with Crippen LogP contribution in [0.4, 0.5) is 0 Å². The lowest BCUT2D eigenvalue weighted by Gasteiger charge is -2.18. The van der Waals surface area contributed by atoms with Crippen LogP contribution >= 0.6 is 0 Å². The van der Waals surface area contributed by atoms with Crippen molar-refractivity contribution in [3.8, 4) is 5.75 Å². The second-order valence-corrected chi connectivity index (χ2v) is 5.37. The summed E-state index contributed by atoms with van der Waals surface area (Å²) in [6.45, 7) is 8.29. The first-order valence-corrected chi connectivity index (χ1v) is 8.01. The van der Waals surface area contributed by atoms with Gasteiger partial charge in [-0.15, -0.1) is 0 Å². The minimum atomic E-state index is -0.144. The van der Waals surface area contributed by atoms with E-state index in [0.29, 0.717) is 13.0 Å². The van der Waals surface area contributed by atoms with Gasteiger partial charge in [-0.2, -0.15) is 5.10 Å². The number of benzene rings is 1. The van der Waals surface area contributed by atoms with Gasteiger partial charge in [-0.1, -0.05) is 26.0 Å². The van der Waals surface area contributed by atoms with Gasteiger partial charge in [0.15, 0.2) is 0 Å². The highest BCUT2D eigenvalue weighted by atomic mass is 16.5. The van der Waals surface area contributed by atoms with Crippen molar-refractivity contribution in [1.29, 1.82) is 0 Å². The van der Waals surface area contributed by atoms with Gasteiger partial charge in [-0.05, 0) is 37.2 Å². The van der Waals surface area contributed by atoms with Crippen LogP contribution in [0.5, 0.6) is 5.75 Å². The predicted octanol–water partition coefficient (Wildman–Crippen LogP) is 2.39. The van der Waals surface area contributed by atoms with E-state index in [1.54, 1.807) is 6.21 Å². The van der Waals surface area contributed by atoms with Crippen LogP contribution in [0.25, 0.3) is 0 Å². The predicted molar refractivity (Wildman–Crippen MR) is 88.3 cm³/mol. The first-order chi connectivity index (χ1) is 10.7. The molecule has 1 heterocycles. The summed E-state index contributed by atoms with van der Waals surface area (Å²) in [6.07, 6.45) is 3.41. The molecule has 0 aromatic heterocycles. The Morgan fingerprint density at radius 3 is 2.64 bits per heavy atom. The van der Waals surface area contributed by atoms with Crippen LogP contribution in [0, 0.1) is 0 Å². The topological polar surface area (TPSA) is 53.9 Å². The maximum absolute atomic E-state index is 11.8. The molecule has 5 nitrogen and oxygen atoms in total. The molecule has 5 heteroatoms. The van der Waals surface area contributed by atoms with Crippen molar-refractivity contribution in [2.24, 2.45) is 5.10 Å². The molecule has 1 aliphatic rings. The summed E-state index contributed by atoms with van der Waals surface area (Å²) in [4.78, 5) is 14.1. The van der Waals surface area contributed by atoms with Crippen molar-refractivity contribution in [3.63, 3.8) is 0 Å². The van der Waals surface area contributed by atoms with E-state index < -0.39 is 0 Å². The van der Waals surface area contributed by atoms with E-state index in [0.717, 1.165) is 37.4 Å². The Hall–Kier alpha value is -1.88. The lowest BCUT2D eigenvalue weighted by molar-refractivity contribution is -0.122. The molecule has 0 aliphatic carbocycles. The molecular formula is C17H25N3O2. The number of nitrogens with zero attached hydrogens (tertiary/aromatic N) is 2. The highest BCUT2D eigenvalue weighted by Crippen LogP contribution is 2.23. The van der Waals surface area contributed by atoms with Crippen LogP contribution in [0.15, 0.2) is 29.4 Å². The SMILES string of the molecule is CCN(CC)CCCOc1ccc(C2CC=NNC2=O)cc1. The monoisotopic (exact) mass is 303 g/mol. The van der Waals surface area contributed by atoms with Gasteiger partial charge in [0.2, 0.25) is 5.91 Å². The number of carbonyl (C=O) groups is 1. The Labute approximate surface area is 132 Å². The number of amides is 1. The molecule has 0 radical (unpaired) electrons. The Morgan fingerprint density at radius 1 is 1.27 bits per heavy atom. The van der Waals surface area contributed by atoms with Gasteiger partial charge in [-0.25, -0.2) is 5.43 Å². The van der Waals surface area contributed by atoms with Gasteiger partial charge in [0.05, 0.1) is 12.5 Å². The zero-order valence-electron chi connectivity index (χ0n) is 13.4. The van der Waals surface area contributed by atoms with E-state index in [1.165, 1.54) is 0 Å². The number of hydrazone groups is 1. The van der Waals surface area contributed by atoms with E-state index in [4.69, 9.17) is 4.74 Å². The molecule has 2 rings (SSSR count). The Balaban J connectivity index is 1.79. The minimum Gasteiger partial charge on any atom is -0.494 e. The van der Waals surface area contributed by atoms with Gasteiger partial charge in [0.25, 0.3) is 0 Å². The zero-order chi connectivity index (χ0) is 15.8. The number of ether oxygens (including phenoxy) is 1. The van der Waals surface area contributed by atoms with Crippen LogP contribution < -0.4 is 10.2 Å². The summed E-state index contributed by atoms with van der Waals surface area (Å²) >= 11 is 0. The molecule has 1 aliphatic heterocycles. The van der Waals surface area contributed by atoms with E-state index in [9.17, 15) is 4.79 Å². The number of nitrogens with one attached hydrogen (secondary N) is 1. The largest absolute Gasteiger partial charge is 0.494 e. The van der Waals surface area contributed by atoms with Crippen molar-refractivity contribution >= 4 is 12.1 Å². The third kappa shape index (κ3) is 4.56. The van der Waals surface area contributed by atoms with Crippen molar-refractivity contribution in [1.82, 2.24) is 10.3 Å². The molecule has 1 unspecified atom stereocenters. The zero-order valence-corrected chi connectivity index (χ0v) is 13.4. The average molecular weight is 303 g/mol. The van der Waals surface area contributed by atoms with Crippen molar-refractivity contribution < 1.29 is 9.53 Å². The molecule has 22 heavy (non-hydrogen) atoms. The van der Waals surface area contributed by atoms with Gasteiger partial charge in [0.1, 0.15) is 5.75 Å². The van der Waals surface area contributed by atoms with Crippen LogP contribution in [-0.2, 0) is 4.79 Å². The van der Waals surface area contributed by atoms with Crippen LogP contribution in [0.2, 0.25) is 0 Å². The summed E-state index contributed by atoms with van der Waals surface area (Å²) in [5.74, 6) is 0.665. The molecule has 1 atom stereocenters. The average Bonchev–Trinajstić information content (AvgIpc) is 2.56. The third-order valence-corrected chi connectivity index (χ3v) is 3.99. The lowest BCUT2D eigenvalue weighted by Crippen LogP contribution is -2.29. The van der Waals surface area contributed by atoms with Crippen LogP contribution in [0.3, 0.4) is 0 Å². The number of carbonyl (C=O) groups excluding carboxylic acids is 1. The summed E-state index contributed by atoms with van der Waals surface area (Å²) in [6, 6.07) is 7.80. The van der Waals surface area contributed by atoms with Gasteiger partial charge < -0.3 is 9.64 Å². The fourth-order valence-corrected chi connectivity index (χ4v) is 2.55. The van der Waals surface area contributed by atoms with E-state index in [2.05, 4.69) is 29.3 Å². The van der Waals surface area contributed by atoms with Crippen molar-refractivity contribution in [2.45, 2.75) is 32.6 Å². The number of hydrogen-bond donors (Lipinski definition) is 1. The molecule has 0 fully saturated rings. The van der Waals surface area contributed by atoms with E-state index >= 15 is 0 Å². The molecule has 0 saturated heterocycles. The highest BCUT2D eigenvalue weighted by molar-refractivity contribution is 5.89. The fraction of sp³-hybridized carbons (Fsp3) is 0.529. The molecular weight excluding hydrogens is 278 g/mol. The van der Waals surface area contributed by atoms with Gasteiger partial charge >= 0.3 is 0 Å². The highest BCUT2D eigenvalue weighted by Gasteiger charge is 2.21. The summed E-state index contributed by atoms with van der Waals surface area (Å²) < 4.78 is 5.76. The molecule has 1 aromatic carbocycles. The first-order valence-electron chi connectivity index (χ1n) is 8.01. The molecule has 120 valence electrons. The molecule has 1 amide bonds. The standard InChI is InChI=1S/C17H25N3O2/c1-3-20(4-2)12-5-13-22-15-8-6-14(7-9-15)16-10-11-18-19-17(16)21/h6-9,11,16H,3-5,10,12-13H2,1-2H3,(H,19,21). The lowest BCUT2D eigenvalue weighted by atomic mass is 9.95. The number of rotatable bonds is 8. The van der Waals surface area contributed by atoms with Gasteiger partial charge in [-0.3, -0.25) is 4.79 Å². The minimum absolute atomic E-state index is 0.0459. The summed E-state index contributed by atoms with van der Waals surface area (Å²) in [5, 5.41) is 3.78.